The third kappa shape index (κ3) is 3.84. The second-order valence-corrected chi connectivity index (χ2v) is 5.28. The van der Waals surface area contributed by atoms with Crippen molar-refractivity contribution in [2.45, 2.75) is 44.2 Å². The Labute approximate surface area is 119 Å². The largest absolute Gasteiger partial charge is 0.355 e. The number of hydrogen-bond donors (Lipinski definition) is 1. The predicted octanol–water partition coefficient (Wildman–Crippen LogP) is 3.26. The molecule has 1 aromatic carbocycles. The van der Waals surface area contributed by atoms with Gasteiger partial charge in [-0.2, -0.15) is 0 Å². The van der Waals surface area contributed by atoms with Gasteiger partial charge < -0.3 is 5.32 Å². The molecule has 0 spiro atoms. The topological polar surface area (TPSA) is 29.1 Å². The fourth-order valence-corrected chi connectivity index (χ4v) is 2.45. The highest BCUT2D eigenvalue weighted by molar-refractivity contribution is 5.93. The first kappa shape index (κ1) is 14.6. The Balaban J connectivity index is 2.10. The fraction of sp³-hybridized carbons (Fsp3) is 0.471. The van der Waals surface area contributed by atoms with Crippen LogP contribution in [0.5, 0.6) is 0 Å². The van der Waals surface area contributed by atoms with Crippen molar-refractivity contribution >= 4 is 5.91 Å². The summed E-state index contributed by atoms with van der Waals surface area (Å²) in [7, 11) is 1.59. The Morgan fingerprint density at radius 2 is 2.05 bits per heavy atom. The van der Waals surface area contributed by atoms with Crippen LogP contribution < -0.4 is 5.32 Å². The van der Waals surface area contributed by atoms with E-state index in [0.29, 0.717) is 18.4 Å². The highest BCUT2D eigenvalue weighted by atomic mass is 19.1. The maximum Gasteiger partial charge on any atom is 0.251 e. The van der Waals surface area contributed by atoms with Crippen molar-refractivity contribution < 1.29 is 9.18 Å². The molecule has 1 atom stereocenters. The summed E-state index contributed by atoms with van der Waals surface area (Å²) >= 11 is 0. The summed E-state index contributed by atoms with van der Waals surface area (Å²) in [6.07, 6.45) is 4.61. The zero-order chi connectivity index (χ0) is 14.4. The van der Waals surface area contributed by atoms with E-state index in [-0.39, 0.29) is 5.91 Å². The van der Waals surface area contributed by atoms with Gasteiger partial charge in [-0.15, -0.1) is 0 Å². The first-order valence-corrected chi connectivity index (χ1v) is 7.13. The van der Waals surface area contributed by atoms with Gasteiger partial charge in [0.2, 0.25) is 0 Å². The number of benzene rings is 1. The van der Waals surface area contributed by atoms with Gasteiger partial charge in [-0.05, 0) is 37.0 Å². The molecule has 1 unspecified atom stereocenters. The summed E-state index contributed by atoms with van der Waals surface area (Å²) < 4.78 is 14.8. The zero-order valence-corrected chi connectivity index (χ0v) is 11.8. The molecule has 106 valence electrons. The van der Waals surface area contributed by atoms with E-state index in [4.69, 9.17) is 0 Å². The van der Waals surface area contributed by atoms with E-state index in [0.717, 1.165) is 31.2 Å². The molecule has 1 aliphatic rings. The molecule has 0 fully saturated rings. The van der Waals surface area contributed by atoms with Gasteiger partial charge in [0.1, 0.15) is 0 Å². The summed E-state index contributed by atoms with van der Waals surface area (Å²) in [6, 6.07) is 7.08. The summed E-state index contributed by atoms with van der Waals surface area (Å²) in [5.41, 5.74) is 0.0533. The van der Waals surface area contributed by atoms with Crippen molar-refractivity contribution in [2.75, 3.05) is 7.05 Å². The van der Waals surface area contributed by atoms with Crippen LogP contribution in [0.15, 0.2) is 24.3 Å². The summed E-state index contributed by atoms with van der Waals surface area (Å²) in [5.74, 6) is 5.62. The second kappa shape index (κ2) is 6.56. The summed E-state index contributed by atoms with van der Waals surface area (Å²) in [5, 5.41) is 2.57. The molecule has 1 amide bonds. The van der Waals surface area contributed by atoms with E-state index in [9.17, 15) is 9.18 Å². The van der Waals surface area contributed by atoms with Crippen LogP contribution in [-0.2, 0) is 6.42 Å². The number of rotatable bonds is 3. The Hall–Kier alpha value is -1.82. The van der Waals surface area contributed by atoms with Gasteiger partial charge in [-0.1, -0.05) is 30.4 Å². The Morgan fingerprint density at radius 1 is 1.30 bits per heavy atom. The molecule has 0 saturated heterocycles. The number of hydrogen-bond acceptors (Lipinski definition) is 1. The van der Waals surface area contributed by atoms with Gasteiger partial charge in [0, 0.05) is 25.5 Å². The van der Waals surface area contributed by atoms with Crippen LogP contribution in [0.2, 0.25) is 0 Å². The SMILES string of the molecule is CNC(=O)c1ccc(CC2(F)C#CCCCCC2)cc1. The Kier molecular flexibility index (Phi) is 4.79. The molecule has 20 heavy (non-hydrogen) atoms. The second-order valence-electron chi connectivity index (χ2n) is 5.28. The smallest absolute Gasteiger partial charge is 0.251 e. The lowest BCUT2D eigenvalue weighted by Crippen LogP contribution is -2.24. The first-order chi connectivity index (χ1) is 9.63. The van der Waals surface area contributed by atoms with Crippen LogP contribution in [0, 0.1) is 11.8 Å². The van der Waals surface area contributed by atoms with Crippen molar-refractivity contribution in [3.8, 4) is 11.8 Å². The zero-order valence-electron chi connectivity index (χ0n) is 11.8. The van der Waals surface area contributed by atoms with E-state index in [2.05, 4.69) is 17.2 Å². The van der Waals surface area contributed by atoms with Crippen LogP contribution in [-0.4, -0.2) is 18.6 Å². The number of alkyl halides is 1. The normalized spacial score (nSPS) is 22.1. The van der Waals surface area contributed by atoms with Gasteiger partial charge in [0.25, 0.3) is 5.91 Å². The highest BCUT2D eigenvalue weighted by Gasteiger charge is 2.27. The van der Waals surface area contributed by atoms with Crippen molar-refractivity contribution in [3.05, 3.63) is 35.4 Å². The van der Waals surface area contributed by atoms with Crippen LogP contribution >= 0.6 is 0 Å². The maximum atomic E-state index is 14.8. The number of nitrogens with one attached hydrogen (secondary N) is 1. The molecule has 0 heterocycles. The van der Waals surface area contributed by atoms with Gasteiger partial charge in [0.05, 0.1) is 0 Å². The molecule has 0 aromatic heterocycles. The third-order valence-electron chi connectivity index (χ3n) is 3.61. The van der Waals surface area contributed by atoms with E-state index >= 15 is 0 Å². The van der Waals surface area contributed by atoms with Crippen LogP contribution in [0.1, 0.15) is 48.0 Å². The van der Waals surface area contributed by atoms with Gasteiger partial charge >= 0.3 is 0 Å². The van der Waals surface area contributed by atoms with E-state index in [1.807, 2.05) is 12.1 Å². The highest BCUT2D eigenvalue weighted by Crippen LogP contribution is 2.26. The predicted molar refractivity (Wildman–Crippen MR) is 78.2 cm³/mol. The molecule has 2 rings (SSSR count). The monoisotopic (exact) mass is 273 g/mol. The number of amides is 1. The summed E-state index contributed by atoms with van der Waals surface area (Å²) in [6.45, 7) is 0. The lowest BCUT2D eigenvalue weighted by atomic mass is 9.89. The molecule has 0 aliphatic heterocycles. The molecular weight excluding hydrogens is 253 g/mol. The molecule has 1 aliphatic carbocycles. The third-order valence-corrected chi connectivity index (χ3v) is 3.61. The lowest BCUT2D eigenvalue weighted by molar-refractivity contribution is 0.0963. The van der Waals surface area contributed by atoms with E-state index in [1.165, 1.54) is 0 Å². The molecule has 0 radical (unpaired) electrons. The van der Waals surface area contributed by atoms with Crippen LogP contribution in [0.25, 0.3) is 0 Å². The fourth-order valence-electron chi connectivity index (χ4n) is 2.45. The summed E-state index contributed by atoms with van der Waals surface area (Å²) in [4.78, 5) is 11.5. The van der Waals surface area contributed by atoms with Gasteiger partial charge in [-0.3, -0.25) is 4.79 Å². The Bertz CT molecular complexity index is 526. The van der Waals surface area contributed by atoms with Crippen LogP contribution in [0.3, 0.4) is 0 Å². The first-order valence-electron chi connectivity index (χ1n) is 7.13. The van der Waals surface area contributed by atoms with Crippen molar-refractivity contribution in [1.29, 1.82) is 0 Å². The average Bonchev–Trinajstić information content (AvgIpc) is 2.44. The molecule has 1 N–H and O–H groups in total. The van der Waals surface area contributed by atoms with Crippen molar-refractivity contribution in [2.24, 2.45) is 0 Å². The molecular formula is C17H20FNO. The molecule has 0 saturated carbocycles. The average molecular weight is 273 g/mol. The number of carbonyl (C=O) groups is 1. The maximum absolute atomic E-state index is 14.8. The van der Waals surface area contributed by atoms with E-state index < -0.39 is 5.67 Å². The molecule has 1 aromatic rings. The minimum Gasteiger partial charge on any atom is -0.355 e. The van der Waals surface area contributed by atoms with E-state index in [1.54, 1.807) is 19.2 Å². The number of carbonyl (C=O) groups excluding carboxylic acids is 1. The van der Waals surface area contributed by atoms with Gasteiger partial charge in [-0.25, -0.2) is 4.39 Å². The van der Waals surface area contributed by atoms with Crippen molar-refractivity contribution in [3.63, 3.8) is 0 Å². The minimum absolute atomic E-state index is 0.128. The molecule has 0 bridgehead atoms. The quantitative estimate of drug-likeness (QED) is 0.841. The van der Waals surface area contributed by atoms with Crippen LogP contribution in [0.4, 0.5) is 4.39 Å². The standard InChI is InChI=1S/C17H20FNO/c1-19-16(20)15-9-7-14(8-10-15)13-17(18)11-5-3-2-4-6-12-17/h7-10H,2-5,11,13H2,1H3,(H,19,20). The Morgan fingerprint density at radius 3 is 2.75 bits per heavy atom. The van der Waals surface area contributed by atoms with Gasteiger partial charge in [0.15, 0.2) is 5.67 Å². The number of halogens is 1. The minimum atomic E-state index is -1.42. The molecule has 2 nitrogen and oxygen atoms in total. The lowest BCUT2D eigenvalue weighted by Gasteiger charge is -2.21. The van der Waals surface area contributed by atoms with Crippen molar-refractivity contribution in [1.82, 2.24) is 5.32 Å². The molecule has 3 heteroatoms.